The summed E-state index contributed by atoms with van der Waals surface area (Å²) in [6.45, 7) is 2.01. The van der Waals surface area contributed by atoms with Crippen LogP contribution in [0.3, 0.4) is 0 Å². The molecule has 0 aliphatic carbocycles. The van der Waals surface area contributed by atoms with Crippen LogP contribution < -0.4 is 5.32 Å². The molecule has 7 nitrogen and oxygen atoms in total. The van der Waals surface area contributed by atoms with Gasteiger partial charge in [0, 0.05) is 5.69 Å². The second kappa shape index (κ2) is 6.65. The van der Waals surface area contributed by atoms with Crippen molar-refractivity contribution in [2.24, 2.45) is 0 Å². The number of benzene rings is 1. The maximum absolute atomic E-state index is 12.0. The summed E-state index contributed by atoms with van der Waals surface area (Å²) in [5.41, 5.74) is 1.71. The van der Waals surface area contributed by atoms with E-state index in [0.717, 1.165) is 30.3 Å². The zero-order valence-corrected chi connectivity index (χ0v) is 11.7. The first kappa shape index (κ1) is 14.7. The van der Waals surface area contributed by atoms with Gasteiger partial charge < -0.3 is 5.32 Å². The first-order valence-electron chi connectivity index (χ1n) is 6.64. The minimum absolute atomic E-state index is 0.0612. The van der Waals surface area contributed by atoms with E-state index < -0.39 is 4.92 Å². The van der Waals surface area contributed by atoms with Crippen molar-refractivity contribution in [3.63, 3.8) is 0 Å². The van der Waals surface area contributed by atoms with Crippen molar-refractivity contribution in [1.82, 2.24) is 9.78 Å². The van der Waals surface area contributed by atoms with Gasteiger partial charge in [0.2, 0.25) is 5.91 Å². The van der Waals surface area contributed by atoms with E-state index >= 15 is 0 Å². The van der Waals surface area contributed by atoms with Crippen LogP contribution in [0.4, 0.5) is 11.4 Å². The smallest absolute Gasteiger partial charge is 0.307 e. The molecule has 110 valence electrons. The van der Waals surface area contributed by atoms with E-state index in [-0.39, 0.29) is 18.1 Å². The minimum Gasteiger partial charge on any atom is -0.324 e. The molecule has 0 fully saturated rings. The summed E-state index contributed by atoms with van der Waals surface area (Å²) < 4.78 is 1.25. The second-order valence-electron chi connectivity index (χ2n) is 4.61. The normalized spacial score (nSPS) is 10.3. The molecule has 0 unspecified atom stereocenters. The fraction of sp³-hybridized carbons (Fsp3) is 0.286. The molecule has 0 saturated carbocycles. The minimum atomic E-state index is -0.544. The quantitative estimate of drug-likeness (QED) is 0.652. The molecule has 21 heavy (non-hydrogen) atoms. The zero-order valence-electron chi connectivity index (χ0n) is 11.7. The molecule has 0 atom stereocenters. The van der Waals surface area contributed by atoms with Crippen molar-refractivity contribution in [2.75, 3.05) is 5.32 Å². The molecule has 0 spiro atoms. The topological polar surface area (TPSA) is 90.1 Å². The lowest BCUT2D eigenvalue weighted by Gasteiger charge is -2.10. The van der Waals surface area contributed by atoms with Crippen LogP contribution in [-0.2, 0) is 17.8 Å². The van der Waals surface area contributed by atoms with Crippen molar-refractivity contribution in [2.45, 2.75) is 26.3 Å². The zero-order chi connectivity index (χ0) is 15.2. The summed E-state index contributed by atoms with van der Waals surface area (Å²) in [6.07, 6.45) is 4.22. The Balaban J connectivity index is 2.02. The van der Waals surface area contributed by atoms with Gasteiger partial charge in [0.05, 0.1) is 4.92 Å². The Labute approximate surface area is 121 Å². The van der Waals surface area contributed by atoms with Crippen LogP contribution in [0.2, 0.25) is 0 Å². The van der Waals surface area contributed by atoms with Crippen LogP contribution in [0, 0.1) is 10.1 Å². The van der Waals surface area contributed by atoms with Crippen molar-refractivity contribution < 1.29 is 9.72 Å². The molecule has 0 aliphatic heterocycles. The van der Waals surface area contributed by atoms with Gasteiger partial charge in [-0.15, -0.1) is 0 Å². The number of carbonyl (C=O) groups excluding carboxylic acids is 1. The molecule has 2 rings (SSSR count). The number of amides is 1. The van der Waals surface area contributed by atoms with E-state index in [2.05, 4.69) is 17.3 Å². The predicted octanol–water partition coefficient (Wildman–Crippen LogP) is 2.38. The Kier molecular flexibility index (Phi) is 4.65. The Hall–Kier alpha value is -2.70. The summed E-state index contributed by atoms with van der Waals surface area (Å²) in [5, 5.41) is 17.2. The maximum atomic E-state index is 12.0. The Morgan fingerprint density at radius 1 is 1.43 bits per heavy atom. The second-order valence-corrected chi connectivity index (χ2v) is 4.61. The number of nitro groups is 1. The molecule has 1 aromatic carbocycles. The van der Waals surface area contributed by atoms with E-state index in [1.54, 1.807) is 0 Å². The molecule has 0 saturated heterocycles. The van der Waals surface area contributed by atoms with Crippen LogP contribution >= 0.6 is 0 Å². The van der Waals surface area contributed by atoms with E-state index in [1.165, 1.54) is 10.9 Å². The van der Waals surface area contributed by atoms with Gasteiger partial charge >= 0.3 is 5.69 Å². The van der Waals surface area contributed by atoms with Crippen LogP contribution in [0.25, 0.3) is 0 Å². The monoisotopic (exact) mass is 288 g/mol. The van der Waals surface area contributed by atoms with Crippen molar-refractivity contribution in [3.8, 4) is 0 Å². The number of hydrogen-bond acceptors (Lipinski definition) is 4. The highest BCUT2D eigenvalue weighted by Crippen LogP contribution is 2.17. The maximum Gasteiger partial charge on any atom is 0.307 e. The fourth-order valence-electron chi connectivity index (χ4n) is 2.00. The number of rotatable bonds is 6. The molecule has 1 aromatic heterocycles. The number of nitrogens with one attached hydrogen (secondary N) is 1. The third kappa shape index (κ3) is 3.88. The molecule has 1 N–H and O–H groups in total. The summed E-state index contributed by atoms with van der Waals surface area (Å²) in [4.78, 5) is 22.0. The van der Waals surface area contributed by atoms with Crippen molar-refractivity contribution in [1.29, 1.82) is 0 Å². The van der Waals surface area contributed by atoms with E-state index in [4.69, 9.17) is 0 Å². The first-order valence-corrected chi connectivity index (χ1v) is 6.64. The standard InChI is InChI=1S/C14H16N4O3/c1-2-5-11-6-3-4-7-13(11)16-14(19)10-17-9-12(8-15-17)18(20)21/h3-4,6-9H,2,5,10H2,1H3,(H,16,19). The average molecular weight is 288 g/mol. The van der Waals surface area contributed by atoms with Gasteiger partial charge in [-0.05, 0) is 18.1 Å². The molecule has 0 aliphatic rings. The number of hydrogen-bond donors (Lipinski definition) is 1. The average Bonchev–Trinajstić information content (AvgIpc) is 2.90. The SMILES string of the molecule is CCCc1ccccc1NC(=O)Cn1cc([N+](=O)[O-])cn1. The summed E-state index contributed by atoms with van der Waals surface area (Å²) in [7, 11) is 0. The number of nitrogens with zero attached hydrogens (tertiary/aromatic N) is 3. The summed E-state index contributed by atoms with van der Waals surface area (Å²) in [5.74, 6) is -0.267. The Morgan fingerprint density at radius 2 is 2.19 bits per heavy atom. The van der Waals surface area contributed by atoms with E-state index in [9.17, 15) is 14.9 Å². The van der Waals surface area contributed by atoms with Crippen molar-refractivity contribution in [3.05, 3.63) is 52.3 Å². The third-order valence-corrected chi connectivity index (χ3v) is 2.95. The molecular weight excluding hydrogens is 272 g/mol. The van der Waals surface area contributed by atoms with Crippen LogP contribution in [0.15, 0.2) is 36.7 Å². The molecule has 1 amide bonds. The number of aromatic nitrogens is 2. The first-order chi connectivity index (χ1) is 10.1. The van der Waals surface area contributed by atoms with E-state index in [0.29, 0.717) is 0 Å². The van der Waals surface area contributed by atoms with Crippen LogP contribution in [0.5, 0.6) is 0 Å². The van der Waals surface area contributed by atoms with Gasteiger partial charge in [0.25, 0.3) is 0 Å². The molecule has 2 aromatic rings. The summed E-state index contributed by atoms with van der Waals surface area (Å²) >= 11 is 0. The highest BCUT2D eigenvalue weighted by atomic mass is 16.6. The van der Waals surface area contributed by atoms with Gasteiger partial charge in [0.15, 0.2) is 0 Å². The van der Waals surface area contributed by atoms with Gasteiger partial charge in [-0.3, -0.25) is 19.6 Å². The highest BCUT2D eigenvalue weighted by molar-refractivity contribution is 5.91. The number of anilines is 1. The highest BCUT2D eigenvalue weighted by Gasteiger charge is 2.12. The molecule has 7 heteroatoms. The van der Waals surface area contributed by atoms with Crippen LogP contribution in [0.1, 0.15) is 18.9 Å². The fourth-order valence-corrected chi connectivity index (χ4v) is 2.00. The number of aryl methyl sites for hydroxylation is 1. The Morgan fingerprint density at radius 3 is 2.86 bits per heavy atom. The van der Waals surface area contributed by atoms with Gasteiger partial charge in [0.1, 0.15) is 18.9 Å². The molecule has 0 bridgehead atoms. The number of carbonyl (C=O) groups is 1. The van der Waals surface area contributed by atoms with Gasteiger partial charge in [-0.1, -0.05) is 31.5 Å². The predicted molar refractivity (Wildman–Crippen MR) is 77.9 cm³/mol. The van der Waals surface area contributed by atoms with E-state index in [1.807, 2.05) is 24.3 Å². The molecule has 0 radical (unpaired) electrons. The molecular formula is C14H16N4O3. The lowest BCUT2D eigenvalue weighted by Crippen LogP contribution is -2.19. The lowest BCUT2D eigenvalue weighted by atomic mass is 10.1. The molecule has 1 heterocycles. The largest absolute Gasteiger partial charge is 0.324 e. The van der Waals surface area contributed by atoms with Crippen LogP contribution in [-0.4, -0.2) is 20.6 Å². The number of para-hydroxylation sites is 1. The van der Waals surface area contributed by atoms with Gasteiger partial charge in [-0.2, -0.15) is 5.10 Å². The third-order valence-electron chi connectivity index (χ3n) is 2.95. The summed E-state index contributed by atoms with van der Waals surface area (Å²) in [6, 6.07) is 7.59. The Bertz CT molecular complexity index is 651. The van der Waals surface area contributed by atoms with Crippen molar-refractivity contribution >= 4 is 17.3 Å². The van der Waals surface area contributed by atoms with Gasteiger partial charge in [-0.25, -0.2) is 0 Å². The lowest BCUT2D eigenvalue weighted by molar-refractivity contribution is -0.385.